The minimum absolute atomic E-state index is 0.0595. The monoisotopic (exact) mass is 327 g/mol. The topological polar surface area (TPSA) is 71.5 Å². The number of hydrogen-bond acceptors (Lipinski definition) is 5. The highest BCUT2D eigenvalue weighted by atomic mass is 35.5. The van der Waals surface area contributed by atoms with E-state index in [1.165, 1.54) is 16.4 Å². The van der Waals surface area contributed by atoms with Crippen LogP contribution in [0.3, 0.4) is 0 Å². The van der Waals surface area contributed by atoms with E-state index in [0.29, 0.717) is 10.8 Å². The lowest BCUT2D eigenvalue weighted by molar-refractivity contribution is 0.403. The highest BCUT2D eigenvalue weighted by Gasteiger charge is 2.52. The number of rotatable bonds is 2. The Labute approximate surface area is 114 Å². The molecule has 0 saturated carbocycles. The zero-order valence-corrected chi connectivity index (χ0v) is 12.3. The standard InChI is InChI=1S/C9H10ClNO4S3/c10-8-1-2-9(16-8)18(14,15)11-4-7-3-6(11)5-17(7,12)13/h1-2,6-7H,3-5H2. The Kier molecular flexibility index (Phi) is 2.80. The van der Waals surface area contributed by atoms with Gasteiger partial charge in [0.15, 0.2) is 9.84 Å². The molecule has 0 amide bonds. The molecular formula is C9H10ClNO4S3. The maximum Gasteiger partial charge on any atom is 0.252 e. The Hall–Kier alpha value is -0.150. The zero-order valence-electron chi connectivity index (χ0n) is 9.11. The van der Waals surface area contributed by atoms with Gasteiger partial charge < -0.3 is 0 Å². The van der Waals surface area contributed by atoms with Crippen molar-refractivity contribution in [2.75, 3.05) is 12.3 Å². The predicted molar refractivity (Wildman–Crippen MR) is 69.2 cm³/mol. The van der Waals surface area contributed by atoms with Crippen LogP contribution in [0.15, 0.2) is 16.3 Å². The SMILES string of the molecule is O=S1(=O)CC2CC1CN2S(=O)(=O)c1ccc(Cl)s1. The molecule has 2 unspecified atom stereocenters. The fourth-order valence-corrected chi connectivity index (χ4v) is 8.02. The molecule has 1 aromatic rings. The molecule has 2 aliphatic heterocycles. The van der Waals surface area contributed by atoms with Crippen LogP contribution in [-0.4, -0.2) is 44.7 Å². The Balaban J connectivity index is 1.95. The molecule has 100 valence electrons. The van der Waals surface area contributed by atoms with Crippen molar-refractivity contribution in [3.05, 3.63) is 16.5 Å². The molecule has 18 heavy (non-hydrogen) atoms. The normalized spacial score (nSPS) is 30.9. The van der Waals surface area contributed by atoms with Crippen LogP contribution in [0.2, 0.25) is 4.34 Å². The Morgan fingerprint density at radius 3 is 2.56 bits per heavy atom. The van der Waals surface area contributed by atoms with Gasteiger partial charge in [-0.15, -0.1) is 11.3 Å². The number of hydrogen-bond donors (Lipinski definition) is 0. The van der Waals surface area contributed by atoms with Gasteiger partial charge in [0.1, 0.15) is 4.21 Å². The van der Waals surface area contributed by atoms with Crippen molar-refractivity contribution in [1.82, 2.24) is 4.31 Å². The van der Waals surface area contributed by atoms with Gasteiger partial charge in [0, 0.05) is 12.6 Å². The molecule has 0 aliphatic carbocycles. The quantitative estimate of drug-likeness (QED) is 0.811. The molecule has 2 atom stereocenters. The lowest BCUT2D eigenvalue weighted by Crippen LogP contribution is -2.43. The third-order valence-electron chi connectivity index (χ3n) is 3.37. The Morgan fingerprint density at radius 2 is 2.11 bits per heavy atom. The van der Waals surface area contributed by atoms with E-state index in [4.69, 9.17) is 11.6 Å². The average Bonchev–Trinajstić information content (AvgIpc) is 2.89. The summed E-state index contributed by atoms with van der Waals surface area (Å²) in [5.41, 5.74) is 0. The fraction of sp³-hybridized carbons (Fsp3) is 0.556. The van der Waals surface area contributed by atoms with Crippen LogP contribution in [0, 0.1) is 0 Å². The average molecular weight is 328 g/mol. The first-order valence-corrected chi connectivity index (χ1v) is 9.64. The number of sulfonamides is 1. The van der Waals surface area contributed by atoms with E-state index in [1.54, 1.807) is 0 Å². The molecular weight excluding hydrogens is 318 g/mol. The largest absolute Gasteiger partial charge is 0.252 e. The highest BCUT2D eigenvalue weighted by Crippen LogP contribution is 2.38. The molecule has 0 N–H and O–H groups in total. The molecule has 3 rings (SSSR count). The summed E-state index contributed by atoms with van der Waals surface area (Å²) in [7, 11) is -6.68. The predicted octanol–water partition coefficient (Wildman–Crippen LogP) is 0.961. The summed E-state index contributed by atoms with van der Waals surface area (Å²) in [5.74, 6) is -0.0595. The second kappa shape index (κ2) is 3.92. The second-order valence-electron chi connectivity index (χ2n) is 4.47. The maximum absolute atomic E-state index is 12.3. The summed E-state index contributed by atoms with van der Waals surface area (Å²) in [4.78, 5) is 0. The van der Waals surface area contributed by atoms with E-state index in [9.17, 15) is 16.8 Å². The van der Waals surface area contributed by atoms with Crippen molar-refractivity contribution in [3.8, 4) is 0 Å². The van der Waals surface area contributed by atoms with Crippen molar-refractivity contribution < 1.29 is 16.8 Å². The molecule has 0 spiro atoms. The molecule has 3 heterocycles. The van der Waals surface area contributed by atoms with Gasteiger partial charge in [-0.05, 0) is 18.6 Å². The van der Waals surface area contributed by atoms with Crippen molar-refractivity contribution >= 4 is 42.8 Å². The summed E-state index contributed by atoms with van der Waals surface area (Å²) < 4.78 is 49.7. The van der Waals surface area contributed by atoms with Crippen molar-refractivity contribution in [2.24, 2.45) is 0 Å². The van der Waals surface area contributed by atoms with Gasteiger partial charge in [-0.3, -0.25) is 0 Å². The van der Waals surface area contributed by atoms with Crippen LogP contribution in [-0.2, 0) is 19.9 Å². The molecule has 2 aliphatic rings. The van der Waals surface area contributed by atoms with Gasteiger partial charge in [0.2, 0.25) is 0 Å². The van der Waals surface area contributed by atoms with Crippen molar-refractivity contribution in [3.63, 3.8) is 0 Å². The van der Waals surface area contributed by atoms with E-state index < -0.39 is 31.2 Å². The molecule has 2 fully saturated rings. The smallest absolute Gasteiger partial charge is 0.228 e. The number of halogens is 1. The van der Waals surface area contributed by atoms with Crippen LogP contribution in [0.25, 0.3) is 0 Å². The third-order valence-corrected chi connectivity index (χ3v) is 9.19. The van der Waals surface area contributed by atoms with Gasteiger partial charge in [-0.1, -0.05) is 11.6 Å². The number of thiophene rings is 1. The third kappa shape index (κ3) is 1.82. The van der Waals surface area contributed by atoms with Gasteiger partial charge in [-0.25, -0.2) is 16.8 Å². The van der Waals surface area contributed by atoms with Crippen LogP contribution in [0.5, 0.6) is 0 Å². The first-order valence-electron chi connectivity index (χ1n) is 5.29. The molecule has 2 bridgehead atoms. The van der Waals surface area contributed by atoms with E-state index in [-0.39, 0.29) is 16.5 Å². The molecule has 2 saturated heterocycles. The zero-order chi connectivity index (χ0) is 13.1. The van der Waals surface area contributed by atoms with Gasteiger partial charge in [-0.2, -0.15) is 4.31 Å². The molecule has 5 nitrogen and oxygen atoms in total. The van der Waals surface area contributed by atoms with Crippen LogP contribution >= 0.6 is 22.9 Å². The lowest BCUT2D eigenvalue weighted by Gasteiger charge is -2.25. The summed E-state index contributed by atoms with van der Waals surface area (Å²) in [6.07, 6.45) is 0.417. The summed E-state index contributed by atoms with van der Waals surface area (Å²) in [6.45, 7) is 0.0743. The van der Waals surface area contributed by atoms with Gasteiger partial charge in [0.05, 0.1) is 15.3 Å². The number of fused-ring (bicyclic) bond motifs is 2. The number of nitrogens with zero attached hydrogens (tertiary/aromatic N) is 1. The lowest BCUT2D eigenvalue weighted by atomic mass is 10.3. The van der Waals surface area contributed by atoms with E-state index in [2.05, 4.69) is 0 Å². The first kappa shape index (κ1) is 12.9. The molecule has 9 heteroatoms. The molecule has 0 radical (unpaired) electrons. The molecule has 0 aromatic carbocycles. The van der Waals surface area contributed by atoms with Crippen LogP contribution in [0.1, 0.15) is 6.42 Å². The Bertz CT molecular complexity index is 693. The minimum atomic E-state index is -3.60. The van der Waals surface area contributed by atoms with E-state index in [1.807, 2.05) is 0 Å². The molecule has 1 aromatic heterocycles. The Morgan fingerprint density at radius 1 is 1.39 bits per heavy atom. The van der Waals surface area contributed by atoms with E-state index >= 15 is 0 Å². The highest BCUT2D eigenvalue weighted by molar-refractivity contribution is 7.93. The minimum Gasteiger partial charge on any atom is -0.228 e. The summed E-state index contributed by atoms with van der Waals surface area (Å²) in [5, 5.41) is -0.535. The maximum atomic E-state index is 12.3. The van der Waals surface area contributed by atoms with Crippen molar-refractivity contribution in [1.29, 1.82) is 0 Å². The summed E-state index contributed by atoms with van der Waals surface area (Å²) >= 11 is 6.73. The van der Waals surface area contributed by atoms with Crippen LogP contribution in [0.4, 0.5) is 0 Å². The first-order chi connectivity index (χ1) is 8.30. The second-order valence-corrected chi connectivity index (χ2v) is 10.6. The number of sulfone groups is 1. The fourth-order valence-electron chi connectivity index (χ4n) is 2.51. The summed E-state index contributed by atoms with van der Waals surface area (Å²) in [6, 6.07) is 2.58. The van der Waals surface area contributed by atoms with Gasteiger partial charge >= 0.3 is 0 Å². The van der Waals surface area contributed by atoms with Crippen molar-refractivity contribution in [2.45, 2.75) is 21.9 Å². The van der Waals surface area contributed by atoms with E-state index in [0.717, 1.165) is 11.3 Å². The van der Waals surface area contributed by atoms with Gasteiger partial charge in [0.25, 0.3) is 10.0 Å². The van der Waals surface area contributed by atoms with Crippen LogP contribution < -0.4 is 0 Å².